The molecule has 4 heterocycles. The lowest BCUT2D eigenvalue weighted by Crippen LogP contribution is -2.29. The monoisotopic (exact) mass is 471 g/mol. The van der Waals surface area contributed by atoms with Gasteiger partial charge in [-0.25, -0.2) is 9.37 Å². The van der Waals surface area contributed by atoms with Crippen molar-refractivity contribution in [1.29, 1.82) is 0 Å². The van der Waals surface area contributed by atoms with Gasteiger partial charge in [0.05, 0.1) is 0 Å². The Bertz CT molecular complexity index is 1460. The summed E-state index contributed by atoms with van der Waals surface area (Å²) in [6, 6.07) is 7.51. The molecule has 0 fully saturated rings. The molecule has 0 spiro atoms. The summed E-state index contributed by atoms with van der Waals surface area (Å²) >= 11 is 0. The number of pyridine rings is 2. The van der Waals surface area contributed by atoms with Crippen molar-refractivity contribution in [3.8, 4) is 11.1 Å². The number of rotatable bonds is 4. The van der Waals surface area contributed by atoms with Crippen molar-refractivity contribution < 1.29 is 9.18 Å². The second kappa shape index (κ2) is 8.42. The van der Waals surface area contributed by atoms with Crippen LogP contribution in [0.2, 0.25) is 0 Å². The van der Waals surface area contributed by atoms with Crippen LogP contribution in [0.15, 0.2) is 42.9 Å². The molecule has 35 heavy (non-hydrogen) atoms. The summed E-state index contributed by atoms with van der Waals surface area (Å²) in [5.74, 6) is 1.00. The molecule has 9 heteroatoms. The lowest BCUT2D eigenvalue weighted by molar-refractivity contribution is -0.130. The number of nitrogens with one attached hydrogen (secondary N) is 2. The fourth-order valence-electron chi connectivity index (χ4n) is 5.14. The van der Waals surface area contributed by atoms with Crippen LogP contribution in [-0.2, 0) is 24.2 Å². The Morgan fingerprint density at radius 2 is 1.91 bits per heavy atom. The molecule has 4 aromatic rings. The number of hydrogen-bond acceptors (Lipinski definition) is 6. The third-order valence-corrected chi connectivity index (χ3v) is 7.13. The third-order valence-electron chi connectivity index (χ3n) is 7.13. The van der Waals surface area contributed by atoms with Crippen molar-refractivity contribution in [1.82, 2.24) is 30.0 Å². The minimum absolute atomic E-state index is 0.0414. The normalized spacial score (nSPS) is 17.4. The SMILES string of the molecule is CNC1CCc2c(-c3cc4cc(Nc5cc6n(n5)CC(=O)N(C)CC6)ncc4cc3F)cncc21. The van der Waals surface area contributed by atoms with Gasteiger partial charge in [-0.05, 0) is 54.6 Å². The van der Waals surface area contributed by atoms with Gasteiger partial charge in [-0.2, -0.15) is 5.10 Å². The number of likely N-dealkylation sites (N-methyl/N-ethyl adjacent to an activating group) is 1. The summed E-state index contributed by atoms with van der Waals surface area (Å²) in [4.78, 5) is 22.7. The van der Waals surface area contributed by atoms with Crippen molar-refractivity contribution in [3.05, 3.63) is 65.5 Å². The van der Waals surface area contributed by atoms with E-state index in [9.17, 15) is 4.79 Å². The highest BCUT2D eigenvalue weighted by Gasteiger charge is 2.25. The fourth-order valence-corrected chi connectivity index (χ4v) is 5.14. The van der Waals surface area contributed by atoms with Gasteiger partial charge >= 0.3 is 0 Å². The standard InChI is InChI=1S/C26H26FN7O/c1-28-23-4-3-18-20(12-29-13-21(18)23)19-7-15-9-24(30-11-16(15)8-22(19)27)31-25-10-17-5-6-33(2)26(35)14-34(17)32-25/h7-13,23,28H,3-6,14H2,1-2H3,(H,30,31,32). The fraction of sp³-hybridized carbons (Fsp3) is 0.308. The molecule has 2 N–H and O–H groups in total. The van der Waals surface area contributed by atoms with Gasteiger partial charge in [-0.1, -0.05) is 0 Å². The van der Waals surface area contributed by atoms with E-state index < -0.39 is 0 Å². The zero-order valence-corrected chi connectivity index (χ0v) is 19.7. The number of carbonyl (C=O) groups excluding carboxylic acids is 1. The Labute approximate surface area is 202 Å². The van der Waals surface area contributed by atoms with Gasteiger partial charge < -0.3 is 15.5 Å². The maximum Gasteiger partial charge on any atom is 0.244 e. The Morgan fingerprint density at radius 3 is 2.77 bits per heavy atom. The lowest BCUT2D eigenvalue weighted by Gasteiger charge is -2.13. The summed E-state index contributed by atoms with van der Waals surface area (Å²) in [7, 11) is 3.75. The molecule has 0 saturated heterocycles. The van der Waals surface area contributed by atoms with Gasteiger partial charge in [-0.3, -0.25) is 14.5 Å². The first-order valence-corrected chi connectivity index (χ1v) is 11.8. The van der Waals surface area contributed by atoms with E-state index in [2.05, 4.69) is 25.7 Å². The topological polar surface area (TPSA) is 88.0 Å². The molecular weight excluding hydrogens is 445 g/mol. The molecule has 0 radical (unpaired) electrons. The minimum Gasteiger partial charge on any atom is -0.344 e. The van der Waals surface area contributed by atoms with E-state index in [0.29, 0.717) is 23.7 Å². The summed E-state index contributed by atoms with van der Waals surface area (Å²) in [5.41, 5.74) is 4.70. The first-order chi connectivity index (χ1) is 17.0. The van der Waals surface area contributed by atoms with Crippen molar-refractivity contribution >= 4 is 28.3 Å². The number of fused-ring (bicyclic) bond motifs is 3. The first kappa shape index (κ1) is 21.7. The van der Waals surface area contributed by atoms with E-state index in [1.165, 1.54) is 6.07 Å². The van der Waals surface area contributed by atoms with Gasteiger partial charge in [-0.15, -0.1) is 0 Å². The molecule has 3 aromatic heterocycles. The highest BCUT2D eigenvalue weighted by Crippen LogP contribution is 2.38. The maximum atomic E-state index is 15.2. The summed E-state index contributed by atoms with van der Waals surface area (Å²) in [5, 5.41) is 12.7. The smallest absolute Gasteiger partial charge is 0.244 e. The van der Waals surface area contributed by atoms with Crippen molar-refractivity contribution in [2.45, 2.75) is 31.8 Å². The number of carbonyl (C=O) groups is 1. The molecule has 6 rings (SSSR count). The molecule has 1 unspecified atom stereocenters. The Morgan fingerprint density at radius 1 is 1.03 bits per heavy atom. The summed E-state index contributed by atoms with van der Waals surface area (Å²) in [6.07, 6.45) is 7.93. The Balaban J connectivity index is 1.33. The highest BCUT2D eigenvalue weighted by molar-refractivity contribution is 5.89. The molecule has 1 aliphatic heterocycles. The predicted molar refractivity (Wildman–Crippen MR) is 132 cm³/mol. The maximum absolute atomic E-state index is 15.2. The van der Waals surface area contributed by atoms with E-state index >= 15 is 4.39 Å². The van der Waals surface area contributed by atoms with Gasteiger partial charge in [0.1, 0.15) is 18.2 Å². The quantitative estimate of drug-likeness (QED) is 0.473. The lowest BCUT2D eigenvalue weighted by atomic mass is 9.97. The van der Waals surface area contributed by atoms with Gasteiger partial charge in [0.2, 0.25) is 5.91 Å². The molecule has 1 amide bonds. The number of aromatic nitrogens is 4. The van der Waals surface area contributed by atoms with Gasteiger partial charge in [0.15, 0.2) is 5.82 Å². The van der Waals surface area contributed by atoms with Crippen LogP contribution in [0.1, 0.15) is 29.3 Å². The van der Waals surface area contributed by atoms with Crippen LogP contribution >= 0.6 is 0 Å². The van der Waals surface area contributed by atoms with Crippen molar-refractivity contribution in [2.24, 2.45) is 0 Å². The third kappa shape index (κ3) is 3.81. The van der Waals surface area contributed by atoms with Crippen LogP contribution in [0.4, 0.5) is 16.0 Å². The molecule has 1 aliphatic carbocycles. The molecular formula is C26H26FN7O. The average molecular weight is 472 g/mol. The highest BCUT2D eigenvalue weighted by atomic mass is 19.1. The number of nitrogens with zero attached hydrogens (tertiary/aromatic N) is 5. The Kier molecular flexibility index (Phi) is 5.21. The second-order valence-corrected chi connectivity index (χ2v) is 9.25. The van der Waals surface area contributed by atoms with Crippen LogP contribution in [-0.4, -0.2) is 51.2 Å². The van der Waals surface area contributed by atoms with E-state index in [0.717, 1.165) is 52.4 Å². The largest absolute Gasteiger partial charge is 0.344 e. The first-order valence-electron chi connectivity index (χ1n) is 11.8. The van der Waals surface area contributed by atoms with Crippen LogP contribution < -0.4 is 10.6 Å². The van der Waals surface area contributed by atoms with Crippen LogP contribution in [0.3, 0.4) is 0 Å². The van der Waals surface area contributed by atoms with Gasteiger partial charge in [0.25, 0.3) is 0 Å². The van der Waals surface area contributed by atoms with Crippen molar-refractivity contribution in [3.63, 3.8) is 0 Å². The molecule has 0 saturated carbocycles. The number of anilines is 2. The predicted octanol–water partition coefficient (Wildman–Crippen LogP) is 3.60. The Hall–Kier alpha value is -3.85. The van der Waals surface area contributed by atoms with E-state index in [-0.39, 0.29) is 24.3 Å². The molecule has 1 atom stereocenters. The van der Waals surface area contributed by atoms with E-state index in [4.69, 9.17) is 0 Å². The number of hydrogen-bond donors (Lipinski definition) is 2. The van der Waals surface area contributed by atoms with Crippen LogP contribution in [0.5, 0.6) is 0 Å². The summed E-state index contributed by atoms with van der Waals surface area (Å²) < 4.78 is 16.9. The molecule has 8 nitrogen and oxygen atoms in total. The summed E-state index contributed by atoms with van der Waals surface area (Å²) in [6.45, 7) is 0.894. The number of benzene rings is 1. The van der Waals surface area contributed by atoms with E-state index in [1.54, 1.807) is 22.0 Å². The zero-order chi connectivity index (χ0) is 24.1. The zero-order valence-electron chi connectivity index (χ0n) is 19.7. The average Bonchev–Trinajstić information content (AvgIpc) is 3.42. The molecule has 2 aliphatic rings. The minimum atomic E-state index is -0.282. The molecule has 0 bridgehead atoms. The molecule has 1 aromatic carbocycles. The van der Waals surface area contributed by atoms with Crippen molar-refractivity contribution in [2.75, 3.05) is 26.0 Å². The second-order valence-electron chi connectivity index (χ2n) is 9.25. The molecule has 178 valence electrons. The van der Waals surface area contributed by atoms with Gasteiger partial charge in [0, 0.05) is 72.9 Å². The van der Waals surface area contributed by atoms with E-state index in [1.807, 2.05) is 38.5 Å². The number of halogens is 1. The number of amides is 1. The van der Waals surface area contributed by atoms with Crippen LogP contribution in [0.25, 0.3) is 21.9 Å². The van der Waals surface area contributed by atoms with Crippen LogP contribution in [0, 0.1) is 5.82 Å².